The van der Waals surface area contributed by atoms with Gasteiger partial charge in [0.15, 0.2) is 0 Å². The summed E-state index contributed by atoms with van der Waals surface area (Å²) in [4.78, 5) is 11.8. The molecule has 0 spiro atoms. The molecule has 0 saturated carbocycles. The van der Waals surface area contributed by atoms with E-state index < -0.39 is 22.8 Å². The molecule has 0 heterocycles. The van der Waals surface area contributed by atoms with Crippen LogP contribution in [0.4, 0.5) is 13.2 Å². The normalized spacial score (nSPS) is 14.7. The maximum atomic E-state index is 12.2. The Morgan fingerprint density at radius 1 is 1.35 bits per heavy atom. The van der Waals surface area contributed by atoms with Gasteiger partial charge in [-0.05, 0) is 17.7 Å². The summed E-state index contributed by atoms with van der Waals surface area (Å²) in [5.74, 6) is -1.13. The molecule has 0 saturated heterocycles. The molecule has 1 rings (SSSR count). The van der Waals surface area contributed by atoms with Crippen molar-refractivity contribution in [2.75, 3.05) is 12.9 Å². The van der Waals surface area contributed by atoms with Crippen LogP contribution in [0.5, 0.6) is 0 Å². The molecule has 0 radical (unpaired) electrons. The van der Waals surface area contributed by atoms with Crippen LogP contribution >= 0.6 is 39.3 Å². The Hall–Kier alpha value is -0.400. The minimum absolute atomic E-state index is 0.335. The Bertz CT molecular complexity index is 467. The lowest BCUT2D eigenvalue weighted by molar-refractivity contribution is -0.141. The van der Waals surface area contributed by atoms with Gasteiger partial charge in [0.05, 0.1) is 13.5 Å². The third-order valence-corrected chi connectivity index (χ3v) is 4.79. The summed E-state index contributed by atoms with van der Waals surface area (Å²) in [6.07, 6.45) is -5.32. The fraction of sp³-hybridized carbons (Fsp3) is 0.417. The first-order valence-electron chi connectivity index (χ1n) is 5.43. The topological polar surface area (TPSA) is 26.3 Å². The number of hydrogen-bond acceptors (Lipinski definition) is 3. The number of hydrogen-bond donors (Lipinski definition) is 0. The highest BCUT2D eigenvalue weighted by Crippen LogP contribution is 2.43. The molecule has 112 valence electrons. The van der Waals surface area contributed by atoms with E-state index in [4.69, 9.17) is 11.6 Å². The fourth-order valence-corrected chi connectivity index (χ4v) is 3.18. The number of carbonyl (C=O) groups is 1. The smallest absolute Gasteiger partial charge is 0.389 e. The number of ether oxygens (including phenoxy) is 1. The minimum atomic E-state index is -4.29. The number of halogens is 5. The van der Waals surface area contributed by atoms with Gasteiger partial charge in [0.25, 0.3) is 0 Å². The van der Waals surface area contributed by atoms with Crippen LogP contribution in [0.25, 0.3) is 0 Å². The summed E-state index contributed by atoms with van der Waals surface area (Å²) in [5, 5.41) is 0. The van der Waals surface area contributed by atoms with Crippen molar-refractivity contribution in [1.29, 1.82) is 0 Å². The van der Waals surface area contributed by atoms with Crippen LogP contribution in [0.3, 0.4) is 0 Å². The number of methoxy groups -OCH3 is 1. The number of esters is 1. The first kappa shape index (κ1) is 17.7. The molecule has 2 nitrogen and oxygen atoms in total. The fourth-order valence-electron chi connectivity index (χ4n) is 1.36. The van der Waals surface area contributed by atoms with Crippen molar-refractivity contribution in [1.82, 2.24) is 0 Å². The predicted molar refractivity (Wildman–Crippen MR) is 76.8 cm³/mol. The van der Waals surface area contributed by atoms with Gasteiger partial charge in [0.1, 0.15) is 0 Å². The molecular formula is C12H11BrClF3O2S. The van der Waals surface area contributed by atoms with Crippen LogP contribution in [-0.4, -0.2) is 25.0 Å². The van der Waals surface area contributed by atoms with E-state index in [2.05, 4.69) is 20.7 Å². The van der Waals surface area contributed by atoms with Gasteiger partial charge in [-0.3, -0.25) is 0 Å². The number of rotatable bonds is 5. The molecule has 8 heteroatoms. The second-order valence-electron chi connectivity index (χ2n) is 3.81. The van der Waals surface area contributed by atoms with E-state index in [0.29, 0.717) is 17.3 Å². The lowest BCUT2D eigenvalue weighted by Crippen LogP contribution is -2.28. The van der Waals surface area contributed by atoms with E-state index >= 15 is 0 Å². The molecule has 0 amide bonds. The van der Waals surface area contributed by atoms with E-state index in [9.17, 15) is 18.0 Å². The van der Waals surface area contributed by atoms with Crippen LogP contribution in [0.1, 0.15) is 12.0 Å². The third kappa shape index (κ3) is 4.86. The molecule has 0 N–H and O–H groups in total. The van der Waals surface area contributed by atoms with Crippen molar-refractivity contribution in [2.24, 2.45) is 0 Å². The average molecular weight is 392 g/mol. The molecule has 0 bridgehead atoms. The van der Waals surface area contributed by atoms with Gasteiger partial charge in [-0.2, -0.15) is 13.2 Å². The summed E-state index contributed by atoms with van der Waals surface area (Å²) >= 11 is 10.1. The van der Waals surface area contributed by atoms with Crippen molar-refractivity contribution in [3.05, 3.63) is 34.3 Å². The lowest BCUT2D eigenvalue weighted by atomic mass is 10.1. The average Bonchev–Trinajstić information content (AvgIpc) is 2.36. The van der Waals surface area contributed by atoms with Crippen LogP contribution in [-0.2, 0) is 13.7 Å². The van der Waals surface area contributed by atoms with Crippen molar-refractivity contribution < 1.29 is 22.7 Å². The first-order valence-corrected chi connectivity index (χ1v) is 7.59. The lowest BCUT2D eigenvalue weighted by Gasteiger charge is -2.24. The summed E-state index contributed by atoms with van der Waals surface area (Å²) in [6.45, 7) is 0. The molecule has 0 aromatic heterocycles. The summed E-state index contributed by atoms with van der Waals surface area (Å²) in [6, 6.07) is 6.43. The maximum absolute atomic E-state index is 12.2. The number of alkyl halides is 4. The first-order chi connectivity index (χ1) is 9.19. The highest BCUT2D eigenvalue weighted by Gasteiger charge is 2.41. The van der Waals surface area contributed by atoms with E-state index in [1.807, 2.05) is 0 Å². The Kier molecular flexibility index (Phi) is 6.22. The highest BCUT2D eigenvalue weighted by atomic mass is 79.9. The maximum Gasteiger partial charge on any atom is 0.389 e. The summed E-state index contributed by atoms with van der Waals surface area (Å²) < 4.78 is 40.3. The summed E-state index contributed by atoms with van der Waals surface area (Å²) in [7, 11) is 1.14. The van der Waals surface area contributed by atoms with E-state index in [1.54, 1.807) is 24.3 Å². The Balaban J connectivity index is 2.92. The highest BCUT2D eigenvalue weighted by molar-refractivity contribution is 9.10. The van der Waals surface area contributed by atoms with Crippen molar-refractivity contribution in [3.63, 3.8) is 0 Å². The third-order valence-electron chi connectivity index (χ3n) is 2.35. The van der Waals surface area contributed by atoms with Crippen molar-refractivity contribution in [3.8, 4) is 0 Å². The van der Waals surface area contributed by atoms with Gasteiger partial charge in [0.2, 0.25) is 4.21 Å². The second kappa shape index (κ2) is 7.04. The zero-order chi connectivity index (χ0) is 15.4. The number of thioether (sulfide) groups is 1. The quantitative estimate of drug-likeness (QED) is 0.538. The number of benzene rings is 1. The predicted octanol–water partition coefficient (Wildman–Crippen LogP) is 4.70. The molecule has 1 unspecified atom stereocenters. The van der Waals surface area contributed by atoms with Crippen LogP contribution in [0.2, 0.25) is 0 Å². The van der Waals surface area contributed by atoms with E-state index in [0.717, 1.165) is 11.6 Å². The molecule has 20 heavy (non-hydrogen) atoms. The zero-order valence-electron chi connectivity index (χ0n) is 10.3. The van der Waals surface area contributed by atoms with Crippen LogP contribution in [0.15, 0.2) is 28.7 Å². The van der Waals surface area contributed by atoms with Gasteiger partial charge < -0.3 is 4.74 Å². The molecule has 0 aliphatic heterocycles. The largest absolute Gasteiger partial charge is 0.467 e. The molecule has 0 fully saturated rings. The molecule has 0 aliphatic rings. The van der Waals surface area contributed by atoms with Crippen LogP contribution < -0.4 is 0 Å². The Labute approximate surface area is 132 Å². The monoisotopic (exact) mass is 390 g/mol. The number of carbonyl (C=O) groups excluding carboxylic acids is 1. The van der Waals surface area contributed by atoms with Crippen LogP contribution in [0, 0.1) is 0 Å². The molecule has 1 aromatic carbocycles. The Morgan fingerprint density at radius 2 is 1.90 bits per heavy atom. The van der Waals surface area contributed by atoms with Gasteiger partial charge in [-0.15, -0.1) is 11.8 Å². The van der Waals surface area contributed by atoms with Gasteiger partial charge in [-0.1, -0.05) is 39.7 Å². The van der Waals surface area contributed by atoms with E-state index in [1.165, 1.54) is 0 Å². The molecular weight excluding hydrogens is 381 g/mol. The van der Waals surface area contributed by atoms with Gasteiger partial charge in [0, 0.05) is 10.2 Å². The molecule has 1 aromatic rings. The second-order valence-corrected chi connectivity index (χ2v) is 6.82. The standard InChI is InChI=1S/C12H11BrClF3O2S/c1-19-10(18)12(14,20-7-6-11(15,16)17)8-2-4-9(13)5-3-8/h2-5H,6-7H2,1H3. The summed E-state index contributed by atoms with van der Waals surface area (Å²) in [5.41, 5.74) is 0.376. The zero-order valence-corrected chi connectivity index (χ0v) is 13.5. The SMILES string of the molecule is COC(=O)C(Cl)(SCCC(F)(F)F)c1ccc(Br)cc1. The van der Waals surface area contributed by atoms with Crippen molar-refractivity contribution in [2.45, 2.75) is 16.8 Å². The minimum Gasteiger partial charge on any atom is -0.467 e. The van der Waals surface area contributed by atoms with Gasteiger partial charge in [-0.25, -0.2) is 4.79 Å². The van der Waals surface area contributed by atoms with E-state index in [-0.39, 0.29) is 5.75 Å². The Morgan fingerprint density at radius 3 is 2.35 bits per heavy atom. The molecule has 1 atom stereocenters. The molecule has 0 aliphatic carbocycles. The van der Waals surface area contributed by atoms with Gasteiger partial charge >= 0.3 is 12.1 Å². The van der Waals surface area contributed by atoms with Crippen molar-refractivity contribution >= 4 is 45.3 Å².